The Morgan fingerprint density at radius 1 is 0.933 bits per heavy atom. The predicted octanol–water partition coefficient (Wildman–Crippen LogP) is 6.80. The number of oxazole rings is 1. The van der Waals surface area contributed by atoms with E-state index in [-0.39, 0.29) is 11.8 Å². The molecule has 4 nitrogen and oxygen atoms in total. The van der Waals surface area contributed by atoms with Gasteiger partial charge >= 0.3 is 0 Å². The summed E-state index contributed by atoms with van der Waals surface area (Å²) in [6.07, 6.45) is 0. The average molecular weight is 461 g/mol. The second kappa shape index (κ2) is 7.39. The third kappa shape index (κ3) is 3.25. The summed E-state index contributed by atoms with van der Waals surface area (Å²) in [5.74, 6) is -0.430. The fraction of sp³-hybridized carbons (Fsp3) is 0. The summed E-state index contributed by atoms with van der Waals surface area (Å²) in [5, 5.41) is 4.73. The molecule has 0 unspecified atom stereocenters. The fourth-order valence-electron chi connectivity index (χ4n) is 3.42. The molecule has 146 valence electrons. The van der Waals surface area contributed by atoms with Gasteiger partial charge in [-0.05, 0) is 53.2 Å². The number of rotatable bonds is 3. The Labute approximate surface area is 179 Å². The van der Waals surface area contributed by atoms with Gasteiger partial charge in [0.25, 0.3) is 5.91 Å². The van der Waals surface area contributed by atoms with Crippen LogP contribution >= 0.6 is 15.9 Å². The van der Waals surface area contributed by atoms with Crippen LogP contribution in [-0.4, -0.2) is 10.9 Å². The molecule has 0 saturated carbocycles. The molecule has 0 aliphatic rings. The first-order chi connectivity index (χ1) is 14.6. The van der Waals surface area contributed by atoms with E-state index in [9.17, 15) is 9.18 Å². The molecule has 5 aromatic rings. The standard InChI is InChI=1S/C24H14BrFN2O2/c25-19-9-4-6-15-16(19)7-3-8-17(15)23(29)27-14-11-12-22-21(13-14)28-24(30-22)18-5-1-2-10-20(18)26/h1-13H,(H,27,29). The second-order valence-corrected chi connectivity index (χ2v) is 7.63. The van der Waals surface area contributed by atoms with E-state index in [2.05, 4.69) is 26.2 Å². The van der Waals surface area contributed by atoms with Crippen LogP contribution in [0.3, 0.4) is 0 Å². The van der Waals surface area contributed by atoms with Gasteiger partial charge in [0.2, 0.25) is 5.89 Å². The van der Waals surface area contributed by atoms with Gasteiger partial charge in [-0.1, -0.05) is 52.3 Å². The SMILES string of the molecule is O=C(Nc1ccc2oc(-c3ccccc3F)nc2c1)c1cccc2c(Br)cccc12. The van der Waals surface area contributed by atoms with Crippen molar-refractivity contribution in [1.29, 1.82) is 0 Å². The van der Waals surface area contributed by atoms with E-state index >= 15 is 0 Å². The van der Waals surface area contributed by atoms with Gasteiger partial charge in [0.15, 0.2) is 5.58 Å². The number of fused-ring (bicyclic) bond motifs is 2. The minimum atomic E-state index is -0.403. The van der Waals surface area contributed by atoms with Crippen molar-refractivity contribution in [1.82, 2.24) is 4.98 Å². The lowest BCUT2D eigenvalue weighted by Crippen LogP contribution is -2.12. The summed E-state index contributed by atoms with van der Waals surface area (Å²) < 4.78 is 20.6. The number of benzene rings is 4. The van der Waals surface area contributed by atoms with Crippen LogP contribution in [0.1, 0.15) is 10.4 Å². The van der Waals surface area contributed by atoms with Crippen LogP contribution in [-0.2, 0) is 0 Å². The number of aromatic nitrogens is 1. The Morgan fingerprint density at radius 3 is 2.60 bits per heavy atom. The lowest BCUT2D eigenvalue weighted by molar-refractivity contribution is 0.102. The van der Waals surface area contributed by atoms with Crippen molar-refractivity contribution in [2.45, 2.75) is 0 Å². The van der Waals surface area contributed by atoms with E-state index in [0.29, 0.717) is 27.9 Å². The van der Waals surface area contributed by atoms with Crippen molar-refractivity contribution >= 4 is 49.4 Å². The zero-order valence-corrected chi connectivity index (χ0v) is 17.1. The molecule has 0 saturated heterocycles. The molecule has 0 bridgehead atoms. The van der Waals surface area contributed by atoms with Gasteiger partial charge in [-0.3, -0.25) is 4.79 Å². The molecule has 1 aromatic heterocycles. The molecule has 0 aliphatic carbocycles. The molecule has 5 rings (SSSR count). The molecule has 0 spiro atoms. The third-order valence-electron chi connectivity index (χ3n) is 4.86. The fourth-order valence-corrected chi connectivity index (χ4v) is 3.92. The lowest BCUT2D eigenvalue weighted by Gasteiger charge is -2.09. The molecule has 0 atom stereocenters. The zero-order chi connectivity index (χ0) is 20.7. The summed E-state index contributed by atoms with van der Waals surface area (Å²) in [6, 6.07) is 22.8. The van der Waals surface area contributed by atoms with Crippen molar-refractivity contribution in [3.63, 3.8) is 0 Å². The molecule has 1 amide bonds. The van der Waals surface area contributed by atoms with Crippen molar-refractivity contribution in [2.75, 3.05) is 5.32 Å². The van der Waals surface area contributed by atoms with Crippen molar-refractivity contribution in [3.8, 4) is 11.5 Å². The highest BCUT2D eigenvalue weighted by Gasteiger charge is 2.15. The van der Waals surface area contributed by atoms with Crippen LogP contribution in [0.15, 0.2) is 87.8 Å². The van der Waals surface area contributed by atoms with E-state index < -0.39 is 5.82 Å². The van der Waals surface area contributed by atoms with Gasteiger partial charge in [-0.25, -0.2) is 9.37 Å². The van der Waals surface area contributed by atoms with Crippen molar-refractivity contribution in [2.24, 2.45) is 0 Å². The Hall–Kier alpha value is -3.51. The molecule has 0 fully saturated rings. The molecule has 30 heavy (non-hydrogen) atoms. The molecule has 0 radical (unpaired) electrons. The topological polar surface area (TPSA) is 55.1 Å². The maximum atomic E-state index is 14.0. The molecule has 0 aliphatic heterocycles. The van der Waals surface area contributed by atoms with E-state index in [1.54, 1.807) is 42.5 Å². The highest BCUT2D eigenvalue weighted by Crippen LogP contribution is 2.29. The van der Waals surface area contributed by atoms with Gasteiger partial charge in [-0.15, -0.1) is 0 Å². The van der Waals surface area contributed by atoms with Gasteiger partial charge in [0.1, 0.15) is 11.3 Å². The Morgan fingerprint density at radius 2 is 1.73 bits per heavy atom. The van der Waals surface area contributed by atoms with E-state index in [1.165, 1.54) is 6.07 Å². The first-order valence-corrected chi connectivity index (χ1v) is 10.0. The predicted molar refractivity (Wildman–Crippen MR) is 119 cm³/mol. The average Bonchev–Trinajstić information content (AvgIpc) is 3.17. The number of hydrogen-bond acceptors (Lipinski definition) is 3. The van der Waals surface area contributed by atoms with E-state index in [0.717, 1.165) is 15.2 Å². The number of amides is 1. The molecule has 6 heteroatoms. The minimum absolute atomic E-state index is 0.200. The number of hydrogen-bond donors (Lipinski definition) is 1. The van der Waals surface area contributed by atoms with Crippen molar-refractivity contribution < 1.29 is 13.6 Å². The first kappa shape index (κ1) is 18.5. The monoisotopic (exact) mass is 460 g/mol. The second-order valence-electron chi connectivity index (χ2n) is 6.78. The largest absolute Gasteiger partial charge is 0.436 e. The summed E-state index contributed by atoms with van der Waals surface area (Å²) in [4.78, 5) is 17.3. The Kier molecular flexibility index (Phi) is 4.56. The summed E-state index contributed by atoms with van der Waals surface area (Å²) in [7, 11) is 0. The number of halogens is 2. The highest BCUT2D eigenvalue weighted by molar-refractivity contribution is 9.10. The van der Waals surface area contributed by atoms with Gasteiger partial charge in [0, 0.05) is 15.7 Å². The Balaban J connectivity index is 1.48. The minimum Gasteiger partial charge on any atom is -0.436 e. The number of carbonyl (C=O) groups is 1. The van der Waals surface area contributed by atoms with E-state index in [4.69, 9.17) is 4.42 Å². The van der Waals surface area contributed by atoms with Crippen LogP contribution in [0.5, 0.6) is 0 Å². The first-order valence-electron chi connectivity index (χ1n) is 9.24. The van der Waals surface area contributed by atoms with Gasteiger partial charge in [0.05, 0.1) is 5.56 Å². The van der Waals surface area contributed by atoms with E-state index in [1.807, 2.05) is 30.3 Å². The number of anilines is 1. The normalized spacial score (nSPS) is 11.1. The van der Waals surface area contributed by atoms with Crippen LogP contribution in [0.2, 0.25) is 0 Å². The maximum absolute atomic E-state index is 14.0. The smallest absolute Gasteiger partial charge is 0.256 e. The number of nitrogens with one attached hydrogen (secondary N) is 1. The van der Waals surface area contributed by atoms with Crippen LogP contribution in [0.25, 0.3) is 33.3 Å². The van der Waals surface area contributed by atoms with Crippen LogP contribution in [0.4, 0.5) is 10.1 Å². The molecule has 1 heterocycles. The number of nitrogens with zero attached hydrogens (tertiary/aromatic N) is 1. The summed E-state index contributed by atoms with van der Waals surface area (Å²) in [6.45, 7) is 0. The van der Waals surface area contributed by atoms with Crippen LogP contribution in [0, 0.1) is 5.82 Å². The molecular formula is C24H14BrFN2O2. The molecule has 4 aromatic carbocycles. The lowest BCUT2D eigenvalue weighted by atomic mass is 10.0. The molecular weight excluding hydrogens is 447 g/mol. The highest BCUT2D eigenvalue weighted by atomic mass is 79.9. The van der Waals surface area contributed by atoms with Crippen molar-refractivity contribution in [3.05, 3.63) is 94.7 Å². The summed E-state index contributed by atoms with van der Waals surface area (Å²) in [5.41, 5.74) is 2.49. The number of carbonyl (C=O) groups excluding carboxylic acids is 1. The van der Waals surface area contributed by atoms with Gasteiger partial charge in [-0.2, -0.15) is 0 Å². The zero-order valence-electron chi connectivity index (χ0n) is 15.5. The third-order valence-corrected chi connectivity index (χ3v) is 5.55. The van der Waals surface area contributed by atoms with Gasteiger partial charge < -0.3 is 9.73 Å². The molecule has 1 N–H and O–H groups in total. The quantitative estimate of drug-likeness (QED) is 0.322. The maximum Gasteiger partial charge on any atom is 0.256 e. The summed E-state index contributed by atoms with van der Waals surface area (Å²) >= 11 is 3.52. The Bertz CT molecular complexity index is 1430. The van der Waals surface area contributed by atoms with Crippen LogP contribution < -0.4 is 5.32 Å².